The zero-order valence-electron chi connectivity index (χ0n) is 12.2. The molecule has 1 aliphatic rings. The summed E-state index contributed by atoms with van der Waals surface area (Å²) in [4.78, 5) is 25.7. The molecule has 7 heteroatoms. The van der Waals surface area contributed by atoms with E-state index < -0.39 is 5.97 Å². The number of methoxy groups -OCH3 is 1. The van der Waals surface area contributed by atoms with Gasteiger partial charge in [-0.15, -0.1) is 11.3 Å². The number of fused-ring (bicyclic) bond motifs is 1. The van der Waals surface area contributed by atoms with Gasteiger partial charge in [-0.2, -0.15) is 0 Å². The Labute approximate surface area is 147 Å². The number of carbonyl (C=O) groups excluding carboxylic acids is 2. The van der Waals surface area contributed by atoms with Crippen molar-refractivity contribution in [3.05, 3.63) is 49.8 Å². The Morgan fingerprint density at radius 2 is 2.04 bits per heavy atom. The summed E-state index contributed by atoms with van der Waals surface area (Å²) < 4.78 is 4.86. The first-order valence-electron chi connectivity index (χ1n) is 7.00. The first kappa shape index (κ1) is 16.3. The van der Waals surface area contributed by atoms with Crippen molar-refractivity contribution in [3.63, 3.8) is 0 Å². The molecule has 0 spiro atoms. The molecule has 0 unspecified atom stereocenters. The van der Waals surface area contributed by atoms with Crippen molar-refractivity contribution in [2.24, 2.45) is 0 Å². The first-order valence-corrected chi connectivity index (χ1v) is 8.57. The molecule has 0 radical (unpaired) electrons. The summed E-state index contributed by atoms with van der Waals surface area (Å²) in [5.41, 5.74) is 1.75. The van der Waals surface area contributed by atoms with Crippen LogP contribution in [0.4, 0.5) is 5.00 Å². The number of ether oxygens (including phenoxy) is 1. The van der Waals surface area contributed by atoms with Gasteiger partial charge in [0.15, 0.2) is 0 Å². The Bertz CT molecular complexity index is 801. The number of anilines is 1. The highest BCUT2D eigenvalue weighted by atomic mass is 35.5. The van der Waals surface area contributed by atoms with Crippen molar-refractivity contribution >= 4 is 51.4 Å². The summed E-state index contributed by atoms with van der Waals surface area (Å²) in [5.74, 6) is -0.807. The van der Waals surface area contributed by atoms with Gasteiger partial charge in [-0.05, 0) is 43.0 Å². The fourth-order valence-electron chi connectivity index (χ4n) is 2.65. The summed E-state index contributed by atoms with van der Waals surface area (Å²) in [7, 11) is 1.34. The largest absolute Gasteiger partial charge is 0.465 e. The lowest BCUT2D eigenvalue weighted by Crippen LogP contribution is -2.15. The van der Waals surface area contributed by atoms with E-state index in [2.05, 4.69) is 5.32 Å². The van der Waals surface area contributed by atoms with Gasteiger partial charge in [-0.3, -0.25) is 4.79 Å². The van der Waals surface area contributed by atoms with E-state index in [0.717, 1.165) is 29.7 Å². The number of hydrogen-bond donors (Lipinski definition) is 1. The normalized spacial score (nSPS) is 12.8. The number of rotatable bonds is 3. The summed E-state index contributed by atoms with van der Waals surface area (Å²) in [6, 6.07) is 4.66. The number of halogens is 2. The average molecular weight is 370 g/mol. The van der Waals surface area contributed by atoms with E-state index in [1.165, 1.54) is 24.5 Å². The topological polar surface area (TPSA) is 55.4 Å². The van der Waals surface area contributed by atoms with E-state index in [-0.39, 0.29) is 10.9 Å². The minimum atomic E-state index is -0.429. The number of nitrogens with one attached hydrogen (secondary N) is 1. The van der Waals surface area contributed by atoms with E-state index >= 15 is 0 Å². The van der Waals surface area contributed by atoms with Crippen molar-refractivity contribution in [1.82, 2.24) is 0 Å². The highest BCUT2D eigenvalue weighted by molar-refractivity contribution is 7.17. The molecule has 1 aromatic heterocycles. The van der Waals surface area contributed by atoms with E-state index in [0.29, 0.717) is 21.2 Å². The average Bonchev–Trinajstić information content (AvgIpc) is 3.06. The van der Waals surface area contributed by atoms with Crippen LogP contribution in [0.2, 0.25) is 10.0 Å². The predicted octanol–water partition coefficient (Wildman–Crippen LogP) is 4.58. The molecule has 0 fully saturated rings. The molecule has 0 saturated carbocycles. The summed E-state index contributed by atoms with van der Waals surface area (Å²) in [5, 5.41) is 4.01. The zero-order valence-corrected chi connectivity index (χ0v) is 14.6. The molecule has 120 valence electrons. The van der Waals surface area contributed by atoms with Gasteiger partial charge in [0.2, 0.25) is 0 Å². The quantitative estimate of drug-likeness (QED) is 0.805. The molecule has 0 bridgehead atoms. The minimum Gasteiger partial charge on any atom is -0.465 e. The van der Waals surface area contributed by atoms with E-state index in [1.54, 1.807) is 12.1 Å². The molecule has 1 aromatic carbocycles. The second kappa shape index (κ2) is 6.51. The molecule has 0 saturated heterocycles. The van der Waals surface area contributed by atoms with E-state index in [4.69, 9.17) is 27.9 Å². The van der Waals surface area contributed by atoms with E-state index in [9.17, 15) is 9.59 Å². The van der Waals surface area contributed by atoms with Crippen molar-refractivity contribution in [3.8, 4) is 0 Å². The lowest BCUT2D eigenvalue weighted by molar-refractivity contribution is 0.0601. The van der Waals surface area contributed by atoms with Gasteiger partial charge in [-0.1, -0.05) is 23.2 Å². The van der Waals surface area contributed by atoms with Gasteiger partial charge in [0, 0.05) is 9.90 Å². The van der Waals surface area contributed by atoms with Gasteiger partial charge in [0.25, 0.3) is 5.91 Å². The Hall–Kier alpha value is -1.56. The van der Waals surface area contributed by atoms with E-state index in [1.807, 2.05) is 0 Å². The second-order valence-electron chi connectivity index (χ2n) is 5.13. The van der Waals surface area contributed by atoms with Crippen molar-refractivity contribution < 1.29 is 14.3 Å². The van der Waals surface area contributed by atoms with Crippen molar-refractivity contribution in [2.75, 3.05) is 12.4 Å². The maximum Gasteiger partial charge on any atom is 0.341 e. The maximum atomic E-state index is 12.5. The molecule has 3 rings (SSSR count). The molecule has 2 aromatic rings. The lowest BCUT2D eigenvalue weighted by Gasteiger charge is -2.08. The number of thiophene rings is 1. The van der Waals surface area contributed by atoms with Crippen LogP contribution in [-0.2, 0) is 17.6 Å². The minimum absolute atomic E-state index is 0.263. The molecular formula is C16H13Cl2NO3S. The Kier molecular flexibility index (Phi) is 4.62. The number of benzene rings is 1. The summed E-state index contributed by atoms with van der Waals surface area (Å²) >= 11 is 13.3. The van der Waals surface area contributed by atoms with Gasteiger partial charge < -0.3 is 10.1 Å². The van der Waals surface area contributed by atoms with Crippen LogP contribution in [0.25, 0.3) is 0 Å². The highest BCUT2D eigenvalue weighted by Gasteiger charge is 2.28. The Morgan fingerprint density at radius 3 is 2.74 bits per heavy atom. The standard InChI is InChI=1S/C16H13Cl2NO3S/c1-22-16(21)13-10-3-2-4-12(10)23-15(13)19-14(20)9-6-5-8(17)7-11(9)18/h5-7H,2-4H2,1H3,(H,19,20). The third-order valence-corrected chi connectivity index (χ3v) is 5.47. The third-order valence-electron chi connectivity index (χ3n) is 3.71. The van der Waals surface area contributed by atoms with Crippen LogP contribution < -0.4 is 5.32 Å². The molecular weight excluding hydrogens is 357 g/mol. The molecule has 1 heterocycles. The van der Waals surface area contributed by atoms with Crippen LogP contribution >= 0.6 is 34.5 Å². The Morgan fingerprint density at radius 1 is 1.26 bits per heavy atom. The predicted molar refractivity (Wildman–Crippen MR) is 92.1 cm³/mol. The van der Waals surface area contributed by atoms with Crippen LogP contribution in [0.1, 0.15) is 37.6 Å². The van der Waals surface area contributed by atoms with Gasteiger partial charge in [0.1, 0.15) is 5.00 Å². The number of hydrogen-bond acceptors (Lipinski definition) is 4. The van der Waals surface area contributed by atoms with Crippen molar-refractivity contribution in [2.45, 2.75) is 19.3 Å². The highest BCUT2D eigenvalue weighted by Crippen LogP contribution is 2.39. The third kappa shape index (κ3) is 3.09. The van der Waals surface area contributed by atoms with Gasteiger partial charge in [-0.25, -0.2) is 4.79 Å². The molecule has 1 aliphatic carbocycles. The first-order chi connectivity index (χ1) is 11.0. The molecule has 1 amide bonds. The van der Waals surface area contributed by atoms with Crippen LogP contribution in [0.15, 0.2) is 18.2 Å². The van der Waals surface area contributed by atoms with Crippen LogP contribution in [0.5, 0.6) is 0 Å². The molecule has 0 aliphatic heterocycles. The number of aryl methyl sites for hydroxylation is 1. The molecule has 0 atom stereocenters. The summed E-state index contributed by atoms with van der Waals surface area (Å²) in [6.45, 7) is 0. The summed E-state index contributed by atoms with van der Waals surface area (Å²) in [6.07, 6.45) is 2.76. The second-order valence-corrected chi connectivity index (χ2v) is 7.08. The monoisotopic (exact) mass is 369 g/mol. The lowest BCUT2D eigenvalue weighted by atomic mass is 10.1. The number of esters is 1. The van der Waals surface area contributed by atoms with Gasteiger partial charge in [0.05, 0.1) is 23.3 Å². The smallest absolute Gasteiger partial charge is 0.341 e. The van der Waals surface area contributed by atoms with Crippen LogP contribution in [-0.4, -0.2) is 19.0 Å². The fourth-order valence-corrected chi connectivity index (χ4v) is 4.42. The maximum absolute atomic E-state index is 12.5. The Balaban J connectivity index is 1.94. The number of amides is 1. The van der Waals surface area contributed by atoms with Gasteiger partial charge >= 0.3 is 5.97 Å². The molecule has 23 heavy (non-hydrogen) atoms. The molecule has 4 nitrogen and oxygen atoms in total. The molecule has 1 N–H and O–H groups in total. The SMILES string of the molecule is COC(=O)c1c(NC(=O)c2ccc(Cl)cc2Cl)sc2c1CCC2. The van der Waals surface area contributed by atoms with Crippen LogP contribution in [0.3, 0.4) is 0 Å². The fraction of sp³-hybridized carbons (Fsp3) is 0.250. The van der Waals surface area contributed by atoms with Crippen LogP contribution in [0, 0.1) is 0 Å². The van der Waals surface area contributed by atoms with Crippen molar-refractivity contribution in [1.29, 1.82) is 0 Å². The number of carbonyl (C=O) groups is 2. The zero-order chi connectivity index (χ0) is 16.6.